The van der Waals surface area contributed by atoms with E-state index in [-0.39, 0.29) is 6.61 Å². The van der Waals surface area contributed by atoms with Gasteiger partial charge in [0, 0.05) is 30.0 Å². The van der Waals surface area contributed by atoms with Gasteiger partial charge in [-0.25, -0.2) is 9.97 Å². The summed E-state index contributed by atoms with van der Waals surface area (Å²) in [5, 5.41) is 15.7. The number of anilines is 1. The second kappa shape index (κ2) is 6.26. The van der Waals surface area contributed by atoms with E-state index in [1.165, 1.54) is 24.0 Å². The molecular formula is C18H19N3OS. The number of aliphatic hydroxyl groups excluding tert-OH is 1. The molecule has 1 aliphatic carbocycles. The van der Waals surface area contributed by atoms with Gasteiger partial charge in [-0.05, 0) is 24.8 Å². The SMILES string of the molecule is OCCCNc1nc(C2CC2)nc2scc(-c3ccccc3)c12. The Morgan fingerprint density at radius 2 is 2.00 bits per heavy atom. The molecule has 2 heterocycles. The van der Waals surface area contributed by atoms with Crippen molar-refractivity contribution >= 4 is 27.4 Å². The summed E-state index contributed by atoms with van der Waals surface area (Å²) < 4.78 is 0. The Bertz CT molecular complexity index is 812. The average molecular weight is 325 g/mol. The molecule has 5 heteroatoms. The Hall–Kier alpha value is -1.98. The molecule has 1 aromatic carbocycles. The Labute approximate surface area is 139 Å². The first-order chi connectivity index (χ1) is 11.4. The third-order valence-electron chi connectivity index (χ3n) is 4.11. The van der Waals surface area contributed by atoms with E-state index < -0.39 is 0 Å². The van der Waals surface area contributed by atoms with Gasteiger partial charge in [0.2, 0.25) is 0 Å². The Morgan fingerprint density at radius 3 is 2.74 bits per heavy atom. The highest BCUT2D eigenvalue weighted by molar-refractivity contribution is 7.17. The van der Waals surface area contributed by atoms with Crippen molar-refractivity contribution in [3.8, 4) is 11.1 Å². The van der Waals surface area contributed by atoms with E-state index in [2.05, 4.69) is 35.0 Å². The van der Waals surface area contributed by atoms with E-state index in [0.29, 0.717) is 5.92 Å². The molecule has 1 saturated carbocycles. The van der Waals surface area contributed by atoms with Crippen LogP contribution in [0.25, 0.3) is 21.3 Å². The first kappa shape index (κ1) is 14.6. The van der Waals surface area contributed by atoms with E-state index >= 15 is 0 Å². The van der Waals surface area contributed by atoms with Crippen molar-refractivity contribution < 1.29 is 5.11 Å². The van der Waals surface area contributed by atoms with Crippen LogP contribution in [0.1, 0.15) is 31.0 Å². The molecule has 0 aliphatic heterocycles. The summed E-state index contributed by atoms with van der Waals surface area (Å²) in [6, 6.07) is 10.4. The maximum absolute atomic E-state index is 9.03. The lowest BCUT2D eigenvalue weighted by atomic mass is 10.1. The number of hydrogen-bond donors (Lipinski definition) is 2. The molecule has 4 nitrogen and oxygen atoms in total. The molecule has 118 valence electrons. The molecule has 0 saturated heterocycles. The van der Waals surface area contributed by atoms with Gasteiger partial charge in [-0.1, -0.05) is 30.3 Å². The van der Waals surface area contributed by atoms with Crippen LogP contribution in [0.3, 0.4) is 0 Å². The van der Waals surface area contributed by atoms with Gasteiger partial charge in [0.05, 0.1) is 5.39 Å². The van der Waals surface area contributed by atoms with Crippen molar-refractivity contribution in [3.05, 3.63) is 41.5 Å². The lowest BCUT2D eigenvalue weighted by Crippen LogP contribution is -2.07. The molecule has 0 atom stereocenters. The number of nitrogens with zero attached hydrogens (tertiary/aromatic N) is 2. The number of nitrogens with one attached hydrogen (secondary N) is 1. The van der Waals surface area contributed by atoms with Crippen LogP contribution in [0.5, 0.6) is 0 Å². The molecule has 3 aromatic rings. The fourth-order valence-electron chi connectivity index (χ4n) is 2.73. The Morgan fingerprint density at radius 1 is 1.17 bits per heavy atom. The van der Waals surface area contributed by atoms with Crippen molar-refractivity contribution in [1.29, 1.82) is 0 Å². The molecule has 23 heavy (non-hydrogen) atoms. The summed E-state index contributed by atoms with van der Waals surface area (Å²) in [7, 11) is 0. The minimum absolute atomic E-state index is 0.186. The fraction of sp³-hybridized carbons (Fsp3) is 0.333. The molecule has 0 unspecified atom stereocenters. The first-order valence-electron chi connectivity index (χ1n) is 8.06. The van der Waals surface area contributed by atoms with Gasteiger partial charge in [-0.3, -0.25) is 0 Å². The highest BCUT2D eigenvalue weighted by atomic mass is 32.1. The molecular weight excluding hydrogens is 306 g/mol. The maximum atomic E-state index is 9.03. The second-order valence-corrected chi connectivity index (χ2v) is 6.76. The summed E-state index contributed by atoms with van der Waals surface area (Å²) >= 11 is 1.68. The Balaban J connectivity index is 1.82. The second-order valence-electron chi connectivity index (χ2n) is 5.90. The fourth-order valence-corrected chi connectivity index (χ4v) is 3.68. The summed E-state index contributed by atoms with van der Waals surface area (Å²) in [6.45, 7) is 0.905. The summed E-state index contributed by atoms with van der Waals surface area (Å²) in [5.74, 6) is 2.40. The van der Waals surface area contributed by atoms with Crippen LogP contribution in [0, 0.1) is 0 Å². The third-order valence-corrected chi connectivity index (χ3v) is 4.98. The van der Waals surface area contributed by atoms with E-state index in [1.807, 2.05) is 6.07 Å². The molecule has 2 aromatic heterocycles. The molecule has 0 radical (unpaired) electrons. The minimum Gasteiger partial charge on any atom is -0.396 e. The van der Waals surface area contributed by atoms with Gasteiger partial charge in [-0.15, -0.1) is 11.3 Å². The Kier molecular flexibility index (Phi) is 3.97. The number of thiophene rings is 1. The van der Waals surface area contributed by atoms with Crippen molar-refractivity contribution in [3.63, 3.8) is 0 Å². The maximum Gasteiger partial charge on any atom is 0.139 e. The monoisotopic (exact) mass is 325 g/mol. The summed E-state index contributed by atoms with van der Waals surface area (Å²) in [4.78, 5) is 10.6. The lowest BCUT2D eigenvalue weighted by Gasteiger charge is -2.10. The smallest absolute Gasteiger partial charge is 0.139 e. The lowest BCUT2D eigenvalue weighted by molar-refractivity contribution is 0.292. The molecule has 0 amide bonds. The van der Waals surface area contributed by atoms with Crippen LogP contribution < -0.4 is 5.32 Å². The van der Waals surface area contributed by atoms with Crippen molar-refractivity contribution in [2.75, 3.05) is 18.5 Å². The quantitative estimate of drug-likeness (QED) is 0.672. The van der Waals surface area contributed by atoms with E-state index in [4.69, 9.17) is 15.1 Å². The highest BCUT2D eigenvalue weighted by Gasteiger charge is 2.28. The number of hydrogen-bond acceptors (Lipinski definition) is 5. The number of benzene rings is 1. The van der Waals surface area contributed by atoms with Gasteiger partial charge < -0.3 is 10.4 Å². The molecule has 1 fully saturated rings. The van der Waals surface area contributed by atoms with Crippen LogP contribution in [0.2, 0.25) is 0 Å². The molecule has 0 spiro atoms. The average Bonchev–Trinajstić information content (AvgIpc) is 3.35. The third kappa shape index (κ3) is 2.94. The van der Waals surface area contributed by atoms with Crippen molar-refractivity contribution in [2.45, 2.75) is 25.2 Å². The van der Waals surface area contributed by atoms with Gasteiger partial charge >= 0.3 is 0 Å². The highest BCUT2D eigenvalue weighted by Crippen LogP contribution is 2.42. The van der Waals surface area contributed by atoms with Crippen molar-refractivity contribution in [1.82, 2.24) is 9.97 Å². The largest absolute Gasteiger partial charge is 0.396 e. The van der Waals surface area contributed by atoms with E-state index in [0.717, 1.165) is 34.8 Å². The molecule has 4 rings (SSSR count). The standard InChI is InChI=1S/C18H19N3OS/c22-10-4-9-19-17-15-14(12-5-2-1-3-6-12)11-23-18(15)21-16(20-17)13-7-8-13/h1-3,5-6,11,13,22H,4,7-10H2,(H,19,20,21). The van der Waals surface area contributed by atoms with Crippen LogP contribution in [0.4, 0.5) is 5.82 Å². The zero-order chi connectivity index (χ0) is 15.6. The zero-order valence-corrected chi connectivity index (χ0v) is 13.6. The molecule has 2 N–H and O–H groups in total. The topological polar surface area (TPSA) is 58.0 Å². The number of aromatic nitrogens is 2. The van der Waals surface area contributed by atoms with Crippen LogP contribution in [-0.4, -0.2) is 28.2 Å². The number of aliphatic hydroxyl groups is 1. The van der Waals surface area contributed by atoms with Crippen LogP contribution in [0.15, 0.2) is 35.7 Å². The number of fused-ring (bicyclic) bond motifs is 1. The first-order valence-corrected chi connectivity index (χ1v) is 8.94. The van der Waals surface area contributed by atoms with Gasteiger partial charge in [-0.2, -0.15) is 0 Å². The molecule has 0 bridgehead atoms. The predicted octanol–water partition coefficient (Wildman–Crippen LogP) is 4.03. The van der Waals surface area contributed by atoms with Crippen LogP contribution >= 0.6 is 11.3 Å². The number of rotatable bonds is 6. The van der Waals surface area contributed by atoms with Crippen LogP contribution in [-0.2, 0) is 0 Å². The van der Waals surface area contributed by atoms with E-state index in [9.17, 15) is 0 Å². The normalized spacial score (nSPS) is 14.3. The van der Waals surface area contributed by atoms with Gasteiger partial charge in [0.15, 0.2) is 0 Å². The predicted molar refractivity (Wildman–Crippen MR) is 95.0 cm³/mol. The van der Waals surface area contributed by atoms with E-state index in [1.54, 1.807) is 11.3 Å². The molecule has 1 aliphatic rings. The summed E-state index contributed by atoms with van der Waals surface area (Å²) in [6.07, 6.45) is 3.10. The minimum atomic E-state index is 0.186. The van der Waals surface area contributed by atoms with Gasteiger partial charge in [0.1, 0.15) is 16.5 Å². The zero-order valence-electron chi connectivity index (χ0n) is 12.8. The summed E-state index contributed by atoms with van der Waals surface area (Å²) in [5.41, 5.74) is 2.37. The van der Waals surface area contributed by atoms with Crippen molar-refractivity contribution in [2.24, 2.45) is 0 Å². The van der Waals surface area contributed by atoms with Gasteiger partial charge in [0.25, 0.3) is 0 Å².